The zero-order chi connectivity index (χ0) is 13.7. The van der Waals surface area contributed by atoms with Gasteiger partial charge in [0.2, 0.25) is 5.91 Å². The summed E-state index contributed by atoms with van der Waals surface area (Å²) in [6.45, 7) is 7.59. The van der Waals surface area contributed by atoms with Crippen LogP contribution in [0.15, 0.2) is 0 Å². The van der Waals surface area contributed by atoms with E-state index in [1.165, 1.54) is 12.8 Å². The molecule has 0 spiro atoms. The van der Waals surface area contributed by atoms with Gasteiger partial charge in [-0.15, -0.1) is 0 Å². The Kier molecular flexibility index (Phi) is 5.68. The predicted molar refractivity (Wildman–Crippen MR) is 79.0 cm³/mol. The van der Waals surface area contributed by atoms with Crippen molar-refractivity contribution in [3.8, 4) is 0 Å². The lowest BCUT2D eigenvalue weighted by Gasteiger charge is -2.38. The molecule has 19 heavy (non-hydrogen) atoms. The first-order valence-electron chi connectivity index (χ1n) is 8.23. The average Bonchev–Trinajstić information content (AvgIpc) is 2.46. The number of hydrogen-bond donors (Lipinski definition) is 1. The third-order valence-electron chi connectivity index (χ3n) is 4.86. The summed E-state index contributed by atoms with van der Waals surface area (Å²) in [5.74, 6) is 1.60. The summed E-state index contributed by atoms with van der Waals surface area (Å²) in [6.07, 6.45) is 8.06. The third kappa shape index (κ3) is 3.95. The number of nitrogens with zero attached hydrogens (tertiary/aromatic N) is 1. The lowest BCUT2D eigenvalue weighted by atomic mass is 9.82. The second-order valence-electron chi connectivity index (χ2n) is 6.47. The highest BCUT2D eigenvalue weighted by atomic mass is 16.2. The summed E-state index contributed by atoms with van der Waals surface area (Å²) < 4.78 is 0. The van der Waals surface area contributed by atoms with Crippen molar-refractivity contribution < 1.29 is 4.79 Å². The number of rotatable bonds is 4. The van der Waals surface area contributed by atoms with E-state index in [1.54, 1.807) is 0 Å². The minimum Gasteiger partial charge on any atom is -0.339 e. The van der Waals surface area contributed by atoms with Gasteiger partial charge < -0.3 is 10.2 Å². The average molecular weight is 266 g/mol. The molecule has 0 atom stereocenters. The molecule has 1 saturated heterocycles. The van der Waals surface area contributed by atoms with Crippen LogP contribution in [0.1, 0.15) is 58.8 Å². The van der Waals surface area contributed by atoms with Crippen molar-refractivity contribution in [2.24, 2.45) is 11.8 Å². The Hall–Kier alpha value is -0.570. The van der Waals surface area contributed by atoms with E-state index in [0.717, 1.165) is 57.7 Å². The molecule has 0 aromatic carbocycles. The molecule has 2 aliphatic rings. The van der Waals surface area contributed by atoms with E-state index in [1.807, 2.05) is 0 Å². The largest absolute Gasteiger partial charge is 0.339 e. The molecule has 1 amide bonds. The smallest absolute Gasteiger partial charge is 0.225 e. The standard InChI is InChI=1S/C16H30N2O/c1-3-12-18(15-8-10-17-11-9-15)16(19)14-6-4-13(2)5-7-14/h13-15,17H,3-12H2,1-2H3. The van der Waals surface area contributed by atoms with E-state index in [2.05, 4.69) is 24.1 Å². The van der Waals surface area contributed by atoms with Crippen LogP contribution in [0.3, 0.4) is 0 Å². The molecular formula is C16H30N2O. The SMILES string of the molecule is CCCN(C(=O)C1CCC(C)CC1)C1CCNCC1. The molecule has 1 heterocycles. The maximum Gasteiger partial charge on any atom is 0.225 e. The quantitative estimate of drug-likeness (QED) is 0.848. The second kappa shape index (κ2) is 7.28. The molecule has 110 valence electrons. The van der Waals surface area contributed by atoms with E-state index >= 15 is 0 Å². The zero-order valence-corrected chi connectivity index (χ0v) is 12.7. The lowest BCUT2D eigenvalue weighted by molar-refractivity contribution is -0.139. The predicted octanol–water partition coefficient (Wildman–Crippen LogP) is 2.80. The zero-order valence-electron chi connectivity index (χ0n) is 12.7. The highest BCUT2D eigenvalue weighted by molar-refractivity contribution is 5.79. The summed E-state index contributed by atoms with van der Waals surface area (Å²) in [5, 5.41) is 3.40. The number of amides is 1. The normalized spacial score (nSPS) is 29.2. The number of carbonyl (C=O) groups excluding carboxylic acids is 1. The summed E-state index contributed by atoms with van der Waals surface area (Å²) in [6, 6.07) is 0.494. The van der Waals surface area contributed by atoms with Gasteiger partial charge in [-0.05, 0) is 64.0 Å². The maximum atomic E-state index is 12.8. The first-order chi connectivity index (χ1) is 9.22. The fraction of sp³-hybridized carbons (Fsp3) is 0.938. The fourth-order valence-electron chi connectivity index (χ4n) is 3.57. The molecule has 1 saturated carbocycles. The van der Waals surface area contributed by atoms with Crippen LogP contribution < -0.4 is 5.32 Å². The number of piperidine rings is 1. The van der Waals surface area contributed by atoms with Gasteiger partial charge in [0.1, 0.15) is 0 Å². The minimum absolute atomic E-state index is 0.317. The molecule has 0 aromatic rings. The van der Waals surface area contributed by atoms with Crippen LogP contribution in [0.2, 0.25) is 0 Å². The second-order valence-corrected chi connectivity index (χ2v) is 6.47. The Morgan fingerprint density at radius 1 is 1.11 bits per heavy atom. The summed E-state index contributed by atoms with van der Waals surface area (Å²) in [4.78, 5) is 15.0. The number of nitrogens with one attached hydrogen (secondary N) is 1. The van der Waals surface area contributed by atoms with Crippen LogP contribution in [0.25, 0.3) is 0 Å². The van der Waals surface area contributed by atoms with Crippen molar-refractivity contribution in [3.63, 3.8) is 0 Å². The van der Waals surface area contributed by atoms with Gasteiger partial charge in [0, 0.05) is 18.5 Å². The van der Waals surface area contributed by atoms with E-state index in [9.17, 15) is 4.79 Å². The molecule has 0 unspecified atom stereocenters. The first-order valence-corrected chi connectivity index (χ1v) is 8.23. The van der Waals surface area contributed by atoms with Crippen molar-refractivity contribution in [2.45, 2.75) is 64.8 Å². The van der Waals surface area contributed by atoms with Gasteiger partial charge in [0.05, 0.1) is 0 Å². The highest BCUT2D eigenvalue weighted by Crippen LogP contribution is 2.30. The van der Waals surface area contributed by atoms with Gasteiger partial charge >= 0.3 is 0 Å². The molecular weight excluding hydrogens is 236 g/mol. The van der Waals surface area contributed by atoms with Crippen molar-refractivity contribution in [1.82, 2.24) is 10.2 Å². The van der Waals surface area contributed by atoms with Gasteiger partial charge in [-0.1, -0.05) is 13.8 Å². The molecule has 2 rings (SSSR count). The van der Waals surface area contributed by atoms with Crippen LogP contribution in [0.5, 0.6) is 0 Å². The molecule has 3 heteroatoms. The van der Waals surface area contributed by atoms with Crippen molar-refractivity contribution in [3.05, 3.63) is 0 Å². The van der Waals surface area contributed by atoms with Crippen LogP contribution in [-0.2, 0) is 4.79 Å². The number of hydrogen-bond acceptors (Lipinski definition) is 2. The Labute approximate surface area is 118 Å². The van der Waals surface area contributed by atoms with E-state index < -0.39 is 0 Å². The minimum atomic E-state index is 0.317. The molecule has 1 aliphatic heterocycles. The van der Waals surface area contributed by atoms with Crippen molar-refractivity contribution >= 4 is 5.91 Å². The van der Waals surface area contributed by atoms with E-state index in [0.29, 0.717) is 17.9 Å². The molecule has 1 N–H and O–H groups in total. The highest BCUT2D eigenvalue weighted by Gasteiger charge is 2.31. The molecule has 0 bridgehead atoms. The maximum absolute atomic E-state index is 12.8. The van der Waals surface area contributed by atoms with Gasteiger partial charge in [-0.3, -0.25) is 4.79 Å². The fourth-order valence-corrected chi connectivity index (χ4v) is 3.57. The molecule has 2 fully saturated rings. The molecule has 0 radical (unpaired) electrons. The Balaban J connectivity index is 1.95. The molecule has 3 nitrogen and oxygen atoms in total. The van der Waals surface area contributed by atoms with E-state index in [4.69, 9.17) is 0 Å². The topological polar surface area (TPSA) is 32.3 Å². The van der Waals surface area contributed by atoms with Crippen LogP contribution >= 0.6 is 0 Å². The molecule has 0 aromatic heterocycles. The van der Waals surface area contributed by atoms with Gasteiger partial charge in [-0.25, -0.2) is 0 Å². The van der Waals surface area contributed by atoms with Crippen LogP contribution in [-0.4, -0.2) is 36.5 Å². The van der Waals surface area contributed by atoms with Crippen LogP contribution in [0.4, 0.5) is 0 Å². The van der Waals surface area contributed by atoms with Crippen LogP contribution in [0, 0.1) is 11.8 Å². The van der Waals surface area contributed by atoms with Crippen molar-refractivity contribution in [1.29, 1.82) is 0 Å². The summed E-state index contributed by atoms with van der Waals surface area (Å²) in [5.41, 5.74) is 0. The molecule has 1 aliphatic carbocycles. The van der Waals surface area contributed by atoms with Gasteiger partial charge in [0.15, 0.2) is 0 Å². The van der Waals surface area contributed by atoms with E-state index in [-0.39, 0.29) is 0 Å². The van der Waals surface area contributed by atoms with Gasteiger partial charge in [-0.2, -0.15) is 0 Å². The summed E-state index contributed by atoms with van der Waals surface area (Å²) in [7, 11) is 0. The van der Waals surface area contributed by atoms with Gasteiger partial charge in [0.25, 0.3) is 0 Å². The third-order valence-corrected chi connectivity index (χ3v) is 4.86. The Morgan fingerprint density at radius 3 is 2.32 bits per heavy atom. The Bertz CT molecular complexity index is 278. The Morgan fingerprint density at radius 2 is 1.74 bits per heavy atom. The first kappa shape index (κ1) is 14.8. The lowest BCUT2D eigenvalue weighted by Crippen LogP contribution is -2.48. The summed E-state index contributed by atoms with van der Waals surface area (Å²) >= 11 is 0. The number of carbonyl (C=O) groups is 1. The monoisotopic (exact) mass is 266 g/mol. The van der Waals surface area contributed by atoms with Crippen molar-refractivity contribution in [2.75, 3.05) is 19.6 Å².